The number of carboxylic acid groups (broad SMARTS) is 1. The number of carbonyl (C=O) groups excluding carboxylic acids is 1. The van der Waals surface area contributed by atoms with Crippen molar-refractivity contribution in [2.24, 2.45) is 7.05 Å². The van der Waals surface area contributed by atoms with Gasteiger partial charge in [-0.2, -0.15) is 0 Å². The summed E-state index contributed by atoms with van der Waals surface area (Å²) in [5, 5.41) is 12.0. The SMILES string of the molecule is CSc1ccc(C(CC(=O)O)NC(=O)Cn2c(=O)n(C)c3ccccc32)cc1. The maximum Gasteiger partial charge on any atom is 0.329 e. The average Bonchev–Trinajstić information content (AvgIpc) is 2.92. The number of para-hydroxylation sites is 2. The van der Waals surface area contributed by atoms with E-state index in [1.165, 1.54) is 9.13 Å². The van der Waals surface area contributed by atoms with E-state index in [4.69, 9.17) is 0 Å². The molecule has 2 N–H and O–H groups in total. The van der Waals surface area contributed by atoms with Crippen molar-refractivity contribution in [2.45, 2.75) is 23.9 Å². The Kier molecular flexibility index (Phi) is 5.89. The Morgan fingerprint density at radius 3 is 2.36 bits per heavy atom. The molecule has 8 heteroatoms. The van der Waals surface area contributed by atoms with E-state index >= 15 is 0 Å². The van der Waals surface area contributed by atoms with Crippen molar-refractivity contribution >= 4 is 34.7 Å². The third-order valence-corrected chi connectivity index (χ3v) is 5.33. The fraction of sp³-hybridized carbons (Fsp3) is 0.250. The summed E-state index contributed by atoms with van der Waals surface area (Å²) < 4.78 is 2.87. The number of imidazole rings is 1. The second-order valence-electron chi connectivity index (χ2n) is 6.41. The summed E-state index contributed by atoms with van der Waals surface area (Å²) in [6, 6.07) is 13.9. The van der Waals surface area contributed by atoms with Gasteiger partial charge in [-0.3, -0.25) is 18.7 Å². The van der Waals surface area contributed by atoms with E-state index in [1.54, 1.807) is 30.9 Å². The maximum absolute atomic E-state index is 12.6. The fourth-order valence-electron chi connectivity index (χ4n) is 3.16. The number of nitrogens with zero attached hydrogens (tertiary/aromatic N) is 2. The van der Waals surface area contributed by atoms with Gasteiger partial charge < -0.3 is 10.4 Å². The first kappa shape index (κ1) is 19.8. The number of carbonyl (C=O) groups is 2. The Labute approximate surface area is 166 Å². The monoisotopic (exact) mass is 399 g/mol. The molecular formula is C20H21N3O4S. The van der Waals surface area contributed by atoms with Crippen molar-refractivity contribution in [1.29, 1.82) is 0 Å². The number of fused-ring (bicyclic) bond motifs is 1. The lowest BCUT2D eigenvalue weighted by Gasteiger charge is -2.18. The smallest absolute Gasteiger partial charge is 0.329 e. The highest BCUT2D eigenvalue weighted by Crippen LogP contribution is 2.21. The van der Waals surface area contributed by atoms with E-state index in [-0.39, 0.29) is 18.7 Å². The number of amides is 1. The van der Waals surface area contributed by atoms with Gasteiger partial charge in [-0.15, -0.1) is 11.8 Å². The van der Waals surface area contributed by atoms with Crippen LogP contribution in [0.4, 0.5) is 0 Å². The molecule has 0 saturated heterocycles. The van der Waals surface area contributed by atoms with Gasteiger partial charge in [-0.1, -0.05) is 24.3 Å². The Hall–Kier alpha value is -3.00. The topological polar surface area (TPSA) is 93.3 Å². The lowest BCUT2D eigenvalue weighted by atomic mass is 10.0. The predicted octanol–water partition coefficient (Wildman–Crippen LogP) is 2.39. The van der Waals surface area contributed by atoms with Crippen LogP contribution in [0.5, 0.6) is 0 Å². The molecule has 146 valence electrons. The molecule has 28 heavy (non-hydrogen) atoms. The lowest BCUT2D eigenvalue weighted by molar-refractivity contribution is -0.137. The molecule has 0 aliphatic carbocycles. The van der Waals surface area contributed by atoms with Crippen molar-refractivity contribution < 1.29 is 14.7 Å². The third-order valence-electron chi connectivity index (χ3n) is 4.59. The van der Waals surface area contributed by atoms with Crippen LogP contribution in [0, 0.1) is 0 Å². The van der Waals surface area contributed by atoms with Crippen molar-refractivity contribution in [3.63, 3.8) is 0 Å². The Balaban J connectivity index is 1.83. The molecule has 1 heterocycles. The zero-order valence-corrected chi connectivity index (χ0v) is 16.4. The minimum Gasteiger partial charge on any atom is -0.481 e. The summed E-state index contributed by atoms with van der Waals surface area (Å²) in [5.74, 6) is -1.43. The van der Waals surface area contributed by atoms with Crippen molar-refractivity contribution in [3.8, 4) is 0 Å². The maximum atomic E-state index is 12.6. The van der Waals surface area contributed by atoms with Crippen molar-refractivity contribution in [1.82, 2.24) is 14.5 Å². The molecule has 7 nitrogen and oxygen atoms in total. The van der Waals surface area contributed by atoms with Gasteiger partial charge in [-0.05, 0) is 36.1 Å². The first-order valence-corrected chi connectivity index (χ1v) is 9.92. The molecular weight excluding hydrogens is 378 g/mol. The molecule has 3 aromatic rings. The predicted molar refractivity (Wildman–Crippen MR) is 109 cm³/mol. The van der Waals surface area contributed by atoms with Gasteiger partial charge in [0, 0.05) is 11.9 Å². The molecule has 1 aromatic heterocycles. The Morgan fingerprint density at radius 2 is 1.75 bits per heavy atom. The molecule has 0 fully saturated rings. The standard InChI is InChI=1S/C20H21N3O4S/c1-22-16-5-3-4-6-17(16)23(20(22)27)12-18(24)21-15(11-19(25)26)13-7-9-14(28-2)10-8-13/h3-10,15H,11-12H2,1-2H3,(H,21,24)(H,25,26). The zero-order valence-electron chi connectivity index (χ0n) is 15.6. The van der Waals surface area contributed by atoms with E-state index in [0.29, 0.717) is 11.1 Å². The summed E-state index contributed by atoms with van der Waals surface area (Å²) in [4.78, 5) is 37.4. The lowest BCUT2D eigenvalue weighted by Crippen LogP contribution is -2.35. The summed E-state index contributed by atoms with van der Waals surface area (Å²) in [6.45, 7) is -0.181. The first-order valence-electron chi connectivity index (χ1n) is 8.70. The number of hydrogen-bond acceptors (Lipinski definition) is 4. The van der Waals surface area contributed by atoms with Crippen LogP contribution in [0.1, 0.15) is 18.0 Å². The van der Waals surface area contributed by atoms with E-state index in [2.05, 4.69) is 5.32 Å². The van der Waals surface area contributed by atoms with E-state index in [9.17, 15) is 19.5 Å². The van der Waals surface area contributed by atoms with Gasteiger partial charge in [0.1, 0.15) is 6.54 Å². The van der Waals surface area contributed by atoms with Crippen LogP contribution in [-0.4, -0.2) is 32.4 Å². The molecule has 0 aliphatic heterocycles. The fourth-order valence-corrected chi connectivity index (χ4v) is 3.57. The number of aromatic nitrogens is 2. The van der Waals surface area contributed by atoms with Crippen molar-refractivity contribution in [2.75, 3.05) is 6.26 Å². The number of thioether (sulfide) groups is 1. The second-order valence-corrected chi connectivity index (χ2v) is 7.29. The number of carboxylic acids is 1. The molecule has 0 spiro atoms. The van der Waals surface area contributed by atoms with Crippen LogP contribution < -0.4 is 11.0 Å². The van der Waals surface area contributed by atoms with Crippen molar-refractivity contribution in [3.05, 3.63) is 64.6 Å². The number of rotatable bonds is 7. The second kappa shape index (κ2) is 8.35. The zero-order chi connectivity index (χ0) is 20.3. The quantitative estimate of drug-likeness (QED) is 0.595. The van der Waals surface area contributed by atoms with Crippen LogP contribution >= 0.6 is 11.8 Å². The number of benzene rings is 2. The number of hydrogen-bond donors (Lipinski definition) is 2. The summed E-state index contributed by atoms with van der Waals surface area (Å²) in [7, 11) is 1.65. The molecule has 0 radical (unpaired) electrons. The van der Waals surface area contributed by atoms with Gasteiger partial charge in [-0.25, -0.2) is 4.79 Å². The van der Waals surface area contributed by atoms with Gasteiger partial charge in [0.15, 0.2) is 0 Å². The molecule has 0 bridgehead atoms. The Bertz CT molecular complexity index is 1070. The average molecular weight is 399 g/mol. The summed E-state index contributed by atoms with van der Waals surface area (Å²) in [6.07, 6.45) is 1.71. The van der Waals surface area contributed by atoms with Crippen LogP contribution in [-0.2, 0) is 23.2 Å². The van der Waals surface area contributed by atoms with Gasteiger partial charge in [0.25, 0.3) is 0 Å². The first-order chi connectivity index (χ1) is 13.4. The summed E-state index contributed by atoms with van der Waals surface area (Å²) in [5.41, 5.74) is 1.80. The Morgan fingerprint density at radius 1 is 1.11 bits per heavy atom. The summed E-state index contributed by atoms with van der Waals surface area (Å²) >= 11 is 1.58. The van der Waals surface area contributed by atoms with Crippen LogP contribution in [0.15, 0.2) is 58.2 Å². The molecule has 1 unspecified atom stereocenters. The third kappa shape index (κ3) is 4.12. The number of aliphatic carboxylic acids is 1. The minimum absolute atomic E-state index is 0.181. The van der Waals surface area contributed by atoms with E-state index < -0.39 is 17.9 Å². The van der Waals surface area contributed by atoms with Crippen LogP contribution in [0.2, 0.25) is 0 Å². The highest BCUT2D eigenvalue weighted by molar-refractivity contribution is 7.98. The van der Waals surface area contributed by atoms with Gasteiger partial charge in [0.2, 0.25) is 5.91 Å². The normalized spacial score (nSPS) is 12.1. The highest BCUT2D eigenvalue weighted by atomic mass is 32.2. The van der Waals surface area contributed by atoms with E-state index in [0.717, 1.165) is 10.4 Å². The van der Waals surface area contributed by atoms with E-state index in [1.807, 2.05) is 42.7 Å². The largest absolute Gasteiger partial charge is 0.481 e. The van der Waals surface area contributed by atoms with Gasteiger partial charge >= 0.3 is 11.7 Å². The number of nitrogens with one attached hydrogen (secondary N) is 1. The molecule has 0 aliphatic rings. The molecule has 3 rings (SSSR count). The molecule has 1 atom stereocenters. The molecule has 0 saturated carbocycles. The van der Waals surface area contributed by atoms with Crippen LogP contribution in [0.3, 0.4) is 0 Å². The van der Waals surface area contributed by atoms with Crippen LogP contribution in [0.25, 0.3) is 11.0 Å². The van der Waals surface area contributed by atoms with Gasteiger partial charge in [0.05, 0.1) is 23.5 Å². The highest BCUT2D eigenvalue weighted by Gasteiger charge is 2.20. The number of aryl methyl sites for hydroxylation is 1. The minimum atomic E-state index is -1.01. The molecule has 2 aromatic carbocycles. The molecule has 1 amide bonds.